The molecule has 2 aliphatic carbocycles. The van der Waals surface area contributed by atoms with Crippen molar-refractivity contribution >= 4 is 28.6 Å². The van der Waals surface area contributed by atoms with E-state index in [1.807, 2.05) is 30.3 Å². The topological polar surface area (TPSA) is 76.7 Å². The molecule has 2 fully saturated rings. The molecule has 0 aliphatic heterocycles. The Morgan fingerprint density at radius 3 is 2.68 bits per heavy atom. The van der Waals surface area contributed by atoms with Gasteiger partial charge in [-0.2, -0.15) is 5.10 Å². The number of hydrogen-bond donors (Lipinski definition) is 2. The lowest BCUT2D eigenvalue weighted by atomic mass is 9.70. The molecule has 0 spiro atoms. The van der Waals surface area contributed by atoms with Crippen LogP contribution in [0, 0.1) is 11.8 Å². The molecule has 0 bridgehead atoms. The summed E-state index contributed by atoms with van der Waals surface area (Å²) in [4.78, 5) is 14.1. The first kappa shape index (κ1) is 19.0. The summed E-state index contributed by atoms with van der Waals surface area (Å²) >= 11 is 1.39. The number of nitrogen functional groups attached to an aromatic ring is 1. The van der Waals surface area contributed by atoms with Crippen LogP contribution in [0.2, 0.25) is 0 Å². The second-order valence-corrected chi connectivity index (χ2v) is 8.84. The maximum Gasteiger partial charge on any atom is 0.283 e. The van der Waals surface area contributed by atoms with E-state index in [1.54, 1.807) is 7.11 Å². The van der Waals surface area contributed by atoms with Gasteiger partial charge >= 0.3 is 0 Å². The quantitative estimate of drug-likeness (QED) is 0.706. The van der Waals surface area contributed by atoms with E-state index in [2.05, 4.69) is 10.5 Å². The summed E-state index contributed by atoms with van der Waals surface area (Å²) in [6, 6.07) is 9.59. The maximum atomic E-state index is 12.6. The first-order valence-corrected chi connectivity index (χ1v) is 10.8. The van der Waals surface area contributed by atoms with Crippen molar-refractivity contribution in [1.82, 2.24) is 5.43 Å². The molecule has 1 aromatic heterocycles. The van der Waals surface area contributed by atoms with Crippen LogP contribution in [0.4, 0.5) is 5.69 Å². The normalized spacial score (nSPS) is 23.2. The van der Waals surface area contributed by atoms with Gasteiger partial charge in [-0.1, -0.05) is 19.3 Å². The highest BCUT2D eigenvalue weighted by Gasteiger charge is 2.30. The van der Waals surface area contributed by atoms with E-state index < -0.39 is 0 Å². The summed E-state index contributed by atoms with van der Waals surface area (Å²) in [6.45, 7) is 0. The molecular weight excluding hydrogens is 370 g/mol. The summed E-state index contributed by atoms with van der Waals surface area (Å²) in [5.74, 6) is 2.20. The molecule has 0 saturated heterocycles. The van der Waals surface area contributed by atoms with Crippen LogP contribution in [0.25, 0.3) is 10.4 Å². The maximum absolute atomic E-state index is 12.6. The zero-order valence-electron chi connectivity index (χ0n) is 16.2. The third-order valence-electron chi connectivity index (χ3n) is 6.03. The van der Waals surface area contributed by atoms with Gasteiger partial charge in [-0.3, -0.25) is 4.79 Å². The van der Waals surface area contributed by atoms with Crippen molar-refractivity contribution in [3.63, 3.8) is 0 Å². The standard InChI is InChI=1S/C22H27N3O2S/c1-27-18-10-7-15(8-11-18)20-13-19(23)21(28-20)22(26)25-24-17-9-6-14-4-2-3-5-16(14)12-17/h7-8,10-11,13-14,16H,2-6,9,12,23H2,1H3,(H,25,26)/b24-17-/t14-,16-/m0/s1. The van der Waals surface area contributed by atoms with Gasteiger partial charge in [0, 0.05) is 10.6 Å². The summed E-state index contributed by atoms with van der Waals surface area (Å²) in [5, 5.41) is 4.45. The number of methoxy groups -OCH3 is 1. The minimum Gasteiger partial charge on any atom is -0.497 e. The first-order chi connectivity index (χ1) is 13.6. The largest absolute Gasteiger partial charge is 0.497 e. The number of ether oxygens (including phenoxy) is 1. The predicted octanol–water partition coefficient (Wildman–Crippen LogP) is 5.08. The molecular formula is C22H27N3O2S. The molecule has 2 aromatic rings. The minimum absolute atomic E-state index is 0.222. The van der Waals surface area contributed by atoms with Gasteiger partial charge in [0.25, 0.3) is 5.91 Å². The van der Waals surface area contributed by atoms with Crippen molar-refractivity contribution in [3.05, 3.63) is 35.2 Å². The number of fused-ring (bicyclic) bond motifs is 1. The number of nitrogens with one attached hydrogen (secondary N) is 1. The monoisotopic (exact) mass is 397 g/mol. The highest BCUT2D eigenvalue weighted by Crippen LogP contribution is 2.39. The zero-order chi connectivity index (χ0) is 19.5. The number of carbonyl (C=O) groups excluding carboxylic acids is 1. The van der Waals surface area contributed by atoms with Crippen molar-refractivity contribution in [3.8, 4) is 16.2 Å². The molecule has 3 N–H and O–H groups in total. The third kappa shape index (κ3) is 4.07. The molecule has 6 heteroatoms. The van der Waals surface area contributed by atoms with E-state index in [0.29, 0.717) is 10.6 Å². The number of hydrogen-bond acceptors (Lipinski definition) is 5. The molecule has 2 aliphatic rings. The molecule has 0 radical (unpaired) electrons. The zero-order valence-corrected chi connectivity index (χ0v) is 17.1. The SMILES string of the molecule is COc1ccc(-c2cc(N)c(C(=O)N/N=C3/CC[C@@H]4CCCC[C@H]4C3)s2)cc1. The molecule has 2 atom stereocenters. The molecule has 1 amide bonds. The number of benzene rings is 1. The van der Waals surface area contributed by atoms with Crippen molar-refractivity contribution < 1.29 is 9.53 Å². The summed E-state index contributed by atoms with van der Waals surface area (Å²) in [5.41, 5.74) is 11.5. The fraction of sp³-hybridized carbons (Fsp3) is 0.455. The Labute approximate surface area is 170 Å². The van der Waals surface area contributed by atoms with E-state index in [9.17, 15) is 4.79 Å². The Kier molecular flexibility index (Phi) is 5.67. The number of carbonyl (C=O) groups is 1. The van der Waals surface area contributed by atoms with E-state index in [0.717, 1.165) is 46.6 Å². The lowest BCUT2D eigenvalue weighted by molar-refractivity contribution is 0.0959. The number of rotatable bonds is 4. The van der Waals surface area contributed by atoms with Crippen LogP contribution in [0.15, 0.2) is 35.4 Å². The predicted molar refractivity (Wildman–Crippen MR) is 115 cm³/mol. The van der Waals surface area contributed by atoms with Crippen LogP contribution in [0.5, 0.6) is 5.75 Å². The van der Waals surface area contributed by atoms with Crippen LogP contribution in [0.3, 0.4) is 0 Å². The van der Waals surface area contributed by atoms with Gasteiger partial charge in [-0.25, -0.2) is 5.43 Å². The molecule has 1 heterocycles. The van der Waals surface area contributed by atoms with Crippen molar-refractivity contribution in [2.75, 3.05) is 12.8 Å². The minimum atomic E-state index is -0.222. The van der Waals surface area contributed by atoms with Gasteiger partial charge in [-0.15, -0.1) is 11.3 Å². The Balaban J connectivity index is 1.42. The van der Waals surface area contributed by atoms with Gasteiger partial charge in [0.15, 0.2) is 0 Å². The first-order valence-electron chi connectivity index (χ1n) is 10.0. The molecule has 0 unspecified atom stereocenters. The summed E-state index contributed by atoms with van der Waals surface area (Å²) in [7, 11) is 1.64. The highest BCUT2D eigenvalue weighted by molar-refractivity contribution is 7.18. The Bertz CT molecular complexity index is 872. The highest BCUT2D eigenvalue weighted by atomic mass is 32.1. The van der Waals surface area contributed by atoms with Crippen LogP contribution in [0.1, 0.15) is 54.6 Å². The molecule has 2 saturated carbocycles. The second kappa shape index (κ2) is 8.35. The number of nitrogens with zero attached hydrogens (tertiary/aromatic N) is 1. The molecule has 148 valence electrons. The van der Waals surface area contributed by atoms with Gasteiger partial charge in [0.05, 0.1) is 12.8 Å². The number of amides is 1. The van der Waals surface area contributed by atoms with Crippen LogP contribution < -0.4 is 15.9 Å². The van der Waals surface area contributed by atoms with E-state index in [-0.39, 0.29) is 5.91 Å². The van der Waals surface area contributed by atoms with E-state index in [4.69, 9.17) is 10.5 Å². The smallest absolute Gasteiger partial charge is 0.283 e. The summed E-state index contributed by atoms with van der Waals surface area (Å²) in [6.07, 6.45) is 8.62. The van der Waals surface area contributed by atoms with Crippen LogP contribution in [-0.4, -0.2) is 18.7 Å². The Hall–Kier alpha value is -2.34. The van der Waals surface area contributed by atoms with Gasteiger partial charge < -0.3 is 10.5 Å². The fourth-order valence-electron chi connectivity index (χ4n) is 4.45. The van der Waals surface area contributed by atoms with Crippen LogP contribution in [-0.2, 0) is 0 Å². The van der Waals surface area contributed by atoms with Crippen molar-refractivity contribution in [2.45, 2.75) is 44.9 Å². The Morgan fingerprint density at radius 2 is 1.93 bits per heavy atom. The van der Waals surface area contributed by atoms with E-state index in [1.165, 1.54) is 43.4 Å². The average molecular weight is 398 g/mol. The van der Waals surface area contributed by atoms with Crippen molar-refractivity contribution in [2.24, 2.45) is 16.9 Å². The number of nitrogens with two attached hydrogens (primary N) is 1. The third-order valence-corrected chi connectivity index (χ3v) is 7.22. The molecule has 28 heavy (non-hydrogen) atoms. The molecule has 5 nitrogen and oxygen atoms in total. The van der Waals surface area contributed by atoms with Crippen LogP contribution >= 0.6 is 11.3 Å². The number of hydrazone groups is 1. The lowest BCUT2D eigenvalue weighted by Gasteiger charge is -2.35. The lowest BCUT2D eigenvalue weighted by Crippen LogP contribution is -2.29. The Morgan fingerprint density at radius 1 is 1.18 bits per heavy atom. The van der Waals surface area contributed by atoms with E-state index >= 15 is 0 Å². The summed E-state index contributed by atoms with van der Waals surface area (Å²) < 4.78 is 5.19. The second-order valence-electron chi connectivity index (χ2n) is 7.79. The number of anilines is 1. The van der Waals surface area contributed by atoms with Crippen molar-refractivity contribution in [1.29, 1.82) is 0 Å². The van der Waals surface area contributed by atoms with Gasteiger partial charge in [-0.05, 0) is 73.4 Å². The van der Waals surface area contributed by atoms with Gasteiger partial charge in [0.2, 0.25) is 0 Å². The molecule has 4 rings (SSSR count). The number of thiophene rings is 1. The average Bonchev–Trinajstić information content (AvgIpc) is 3.13. The van der Waals surface area contributed by atoms with Gasteiger partial charge in [0.1, 0.15) is 10.6 Å². The molecule has 1 aromatic carbocycles. The fourth-order valence-corrected chi connectivity index (χ4v) is 5.43.